The van der Waals surface area contributed by atoms with Gasteiger partial charge in [0, 0.05) is 30.1 Å². The predicted molar refractivity (Wildman–Crippen MR) is 85.8 cm³/mol. The van der Waals surface area contributed by atoms with Gasteiger partial charge >= 0.3 is 11.9 Å². The molecule has 24 heavy (non-hydrogen) atoms. The van der Waals surface area contributed by atoms with E-state index in [2.05, 4.69) is 27.7 Å². The number of hydrogen-bond acceptors (Lipinski definition) is 5. The fourth-order valence-electron chi connectivity index (χ4n) is 7.97. The first-order chi connectivity index (χ1) is 10.9. The Labute approximate surface area is 143 Å². The van der Waals surface area contributed by atoms with Gasteiger partial charge in [0.05, 0.1) is 6.10 Å². The van der Waals surface area contributed by atoms with Crippen molar-refractivity contribution in [2.24, 2.45) is 33.5 Å². The summed E-state index contributed by atoms with van der Waals surface area (Å²) in [5.41, 5.74) is -0.809. The molecule has 0 saturated heterocycles. The van der Waals surface area contributed by atoms with Gasteiger partial charge in [-0.25, -0.2) is 0 Å². The molecule has 134 valence electrons. The molecule has 1 N–H and O–H groups in total. The van der Waals surface area contributed by atoms with Gasteiger partial charge in [0.1, 0.15) is 12.2 Å². The van der Waals surface area contributed by atoms with Gasteiger partial charge in [0.15, 0.2) is 0 Å². The molecule has 8 atom stereocenters. The Hall–Kier alpha value is -1.10. The molecule has 4 bridgehead atoms. The summed E-state index contributed by atoms with van der Waals surface area (Å²) in [6.45, 7) is 11.5. The van der Waals surface area contributed by atoms with E-state index in [-0.39, 0.29) is 34.3 Å². The number of hydrogen-bond donors (Lipinski definition) is 1. The summed E-state index contributed by atoms with van der Waals surface area (Å²) >= 11 is 0. The van der Waals surface area contributed by atoms with E-state index in [1.54, 1.807) is 0 Å². The summed E-state index contributed by atoms with van der Waals surface area (Å²) < 4.78 is 11.5. The van der Waals surface area contributed by atoms with E-state index in [4.69, 9.17) is 9.47 Å². The highest BCUT2D eigenvalue weighted by molar-refractivity contribution is 5.67. The van der Waals surface area contributed by atoms with E-state index in [0.717, 1.165) is 6.42 Å². The van der Waals surface area contributed by atoms with Crippen LogP contribution >= 0.6 is 0 Å². The standard InChI is InChI=1S/C19H28O5/c1-9(20)23-14-12(22)8-17(5)13-11-7-19(17,16(14,3)4)15(18(11,13)6)24-10(2)21/h11-15,22H,7-8H2,1-6H3/t11?,12-,13+,14-,15+,17+,18+,19-/m0/s1. The zero-order valence-electron chi connectivity index (χ0n) is 15.4. The van der Waals surface area contributed by atoms with Crippen LogP contribution in [-0.4, -0.2) is 35.4 Å². The molecule has 0 aliphatic heterocycles. The van der Waals surface area contributed by atoms with Crippen LogP contribution in [0.3, 0.4) is 0 Å². The Kier molecular flexibility index (Phi) is 2.84. The lowest BCUT2D eigenvalue weighted by Crippen LogP contribution is -2.65. The van der Waals surface area contributed by atoms with Gasteiger partial charge in [0.2, 0.25) is 0 Å². The number of esters is 2. The van der Waals surface area contributed by atoms with Crippen molar-refractivity contribution >= 4 is 11.9 Å². The number of aliphatic hydroxyl groups is 1. The quantitative estimate of drug-likeness (QED) is 0.783. The highest BCUT2D eigenvalue weighted by Gasteiger charge is 2.95. The maximum atomic E-state index is 11.8. The molecule has 5 nitrogen and oxygen atoms in total. The lowest BCUT2D eigenvalue weighted by molar-refractivity contribution is -0.237. The van der Waals surface area contributed by atoms with Gasteiger partial charge in [-0.1, -0.05) is 27.7 Å². The predicted octanol–water partition coefficient (Wildman–Crippen LogP) is 2.30. The third kappa shape index (κ3) is 1.40. The summed E-state index contributed by atoms with van der Waals surface area (Å²) in [7, 11) is 0. The van der Waals surface area contributed by atoms with Crippen molar-refractivity contribution in [1.82, 2.24) is 0 Å². The minimum atomic E-state index is -0.679. The number of aliphatic hydroxyl groups excluding tert-OH is 1. The maximum absolute atomic E-state index is 11.8. The van der Waals surface area contributed by atoms with Gasteiger partial charge in [-0.05, 0) is 30.1 Å². The van der Waals surface area contributed by atoms with Crippen LogP contribution in [0.2, 0.25) is 0 Å². The number of ether oxygens (including phenoxy) is 2. The van der Waals surface area contributed by atoms with Crippen LogP contribution in [-0.2, 0) is 19.1 Å². The summed E-state index contributed by atoms with van der Waals surface area (Å²) in [6.07, 6.45) is 0.175. The summed E-state index contributed by atoms with van der Waals surface area (Å²) in [5, 5.41) is 10.8. The molecular formula is C19H28O5. The summed E-state index contributed by atoms with van der Waals surface area (Å²) in [6, 6.07) is 0. The van der Waals surface area contributed by atoms with Crippen molar-refractivity contribution in [3.63, 3.8) is 0 Å². The van der Waals surface area contributed by atoms with Gasteiger partial charge < -0.3 is 14.6 Å². The molecule has 0 aromatic rings. The van der Waals surface area contributed by atoms with Crippen molar-refractivity contribution in [2.75, 3.05) is 0 Å². The van der Waals surface area contributed by atoms with Crippen molar-refractivity contribution in [3.05, 3.63) is 0 Å². The van der Waals surface area contributed by atoms with Crippen LogP contribution < -0.4 is 0 Å². The summed E-state index contributed by atoms with van der Waals surface area (Å²) in [5.74, 6) is 0.389. The molecule has 0 aromatic carbocycles. The smallest absolute Gasteiger partial charge is 0.303 e. The summed E-state index contributed by atoms with van der Waals surface area (Å²) in [4.78, 5) is 23.5. The maximum Gasteiger partial charge on any atom is 0.303 e. The van der Waals surface area contributed by atoms with Crippen LogP contribution in [0.5, 0.6) is 0 Å². The van der Waals surface area contributed by atoms with E-state index >= 15 is 0 Å². The highest BCUT2D eigenvalue weighted by atomic mass is 16.6. The average molecular weight is 336 g/mol. The first-order valence-electron chi connectivity index (χ1n) is 8.97. The minimum Gasteiger partial charge on any atom is -0.461 e. The zero-order valence-corrected chi connectivity index (χ0v) is 15.4. The van der Waals surface area contributed by atoms with Crippen LogP contribution in [0, 0.1) is 33.5 Å². The van der Waals surface area contributed by atoms with Gasteiger partial charge in [-0.15, -0.1) is 0 Å². The molecule has 1 spiro atoms. The zero-order chi connectivity index (χ0) is 17.9. The SMILES string of the molecule is CC(=O)O[C@@H]1[C@]2(C)C3C[C@@]14C(C)(C)[C@@H](OC(C)=O)[C@@H](O)C[C@]4(C)[C@@H]32. The van der Waals surface area contributed by atoms with Crippen LogP contribution in [0.4, 0.5) is 0 Å². The normalized spacial score (nSPS) is 55.7. The van der Waals surface area contributed by atoms with E-state index in [9.17, 15) is 14.7 Å². The first-order valence-corrected chi connectivity index (χ1v) is 8.97. The Morgan fingerprint density at radius 1 is 1.00 bits per heavy atom. The molecule has 5 saturated carbocycles. The molecule has 1 unspecified atom stereocenters. The lowest BCUT2D eigenvalue weighted by atomic mass is 9.46. The molecule has 0 aromatic heterocycles. The minimum absolute atomic E-state index is 0.00250. The molecular weight excluding hydrogens is 308 g/mol. The third-order valence-corrected chi connectivity index (χ3v) is 8.44. The molecule has 0 amide bonds. The molecule has 0 radical (unpaired) electrons. The Balaban J connectivity index is 1.85. The second kappa shape index (κ2) is 4.17. The third-order valence-electron chi connectivity index (χ3n) is 8.44. The van der Waals surface area contributed by atoms with Crippen LogP contribution in [0.15, 0.2) is 0 Å². The molecule has 5 fully saturated rings. The number of carbonyl (C=O) groups is 2. The van der Waals surface area contributed by atoms with Crippen LogP contribution in [0.25, 0.3) is 0 Å². The first kappa shape index (κ1) is 16.4. The lowest BCUT2D eigenvalue weighted by Gasteiger charge is -2.60. The molecule has 5 rings (SSSR count). The van der Waals surface area contributed by atoms with Crippen molar-refractivity contribution in [3.8, 4) is 0 Å². The highest BCUT2D eigenvalue weighted by Crippen LogP contribution is 2.94. The van der Waals surface area contributed by atoms with Gasteiger partial charge in [-0.2, -0.15) is 0 Å². The van der Waals surface area contributed by atoms with E-state index in [0.29, 0.717) is 18.3 Å². The molecule has 5 aliphatic rings. The fourth-order valence-corrected chi connectivity index (χ4v) is 7.97. The molecule has 0 heterocycles. The van der Waals surface area contributed by atoms with E-state index in [1.165, 1.54) is 13.8 Å². The Bertz CT molecular complexity index is 642. The second-order valence-electron chi connectivity index (χ2n) is 9.56. The van der Waals surface area contributed by atoms with Gasteiger partial charge in [0.25, 0.3) is 0 Å². The monoisotopic (exact) mass is 336 g/mol. The molecule has 5 aliphatic carbocycles. The number of rotatable bonds is 2. The van der Waals surface area contributed by atoms with Gasteiger partial charge in [-0.3, -0.25) is 9.59 Å². The topological polar surface area (TPSA) is 72.8 Å². The van der Waals surface area contributed by atoms with Crippen LogP contribution in [0.1, 0.15) is 54.4 Å². The fraction of sp³-hybridized carbons (Fsp3) is 0.895. The molecule has 5 heteroatoms. The Morgan fingerprint density at radius 3 is 2.12 bits per heavy atom. The van der Waals surface area contributed by atoms with Crippen molar-refractivity contribution in [1.29, 1.82) is 0 Å². The van der Waals surface area contributed by atoms with E-state index in [1.807, 2.05) is 0 Å². The van der Waals surface area contributed by atoms with E-state index < -0.39 is 17.6 Å². The van der Waals surface area contributed by atoms with Crippen molar-refractivity contribution < 1.29 is 24.2 Å². The number of carbonyl (C=O) groups excluding carboxylic acids is 2. The Morgan fingerprint density at radius 2 is 1.58 bits per heavy atom. The average Bonchev–Trinajstić information content (AvgIpc) is 2.70. The second-order valence-corrected chi connectivity index (χ2v) is 9.56. The van der Waals surface area contributed by atoms with Crippen molar-refractivity contribution in [2.45, 2.75) is 72.7 Å². The largest absolute Gasteiger partial charge is 0.461 e.